The molecule has 0 fully saturated rings. The van der Waals surface area contributed by atoms with Crippen molar-refractivity contribution < 1.29 is 0 Å². The summed E-state index contributed by atoms with van der Waals surface area (Å²) in [5.41, 5.74) is 3.64. The molecule has 9 heteroatoms. The molecule has 5 aromatic rings. The molecular formula is C19H14N6O3. The minimum Gasteiger partial charge on any atom is -0.376 e. The van der Waals surface area contributed by atoms with Crippen molar-refractivity contribution in [1.82, 2.24) is 19.9 Å². The Bertz CT molecular complexity index is 1460. The summed E-state index contributed by atoms with van der Waals surface area (Å²) in [6.07, 6.45) is 1.59. The number of aromatic amines is 3. The number of imidazole rings is 2. The summed E-state index contributed by atoms with van der Waals surface area (Å²) in [5.74, 6) is 0. The number of benzene rings is 2. The van der Waals surface area contributed by atoms with Gasteiger partial charge in [0.15, 0.2) is 0 Å². The summed E-state index contributed by atoms with van der Waals surface area (Å²) < 4.78 is 0. The average Bonchev–Trinajstić information content (AvgIpc) is 3.31. The zero-order valence-electron chi connectivity index (χ0n) is 14.4. The Labute approximate surface area is 156 Å². The highest BCUT2D eigenvalue weighted by molar-refractivity contribution is 5.84. The van der Waals surface area contributed by atoms with Gasteiger partial charge < -0.3 is 25.6 Å². The highest BCUT2D eigenvalue weighted by Gasteiger charge is 2.21. The Morgan fingerprint density at radius 2 is 1.64 bits per heavy atom. The van der Waals surface area contributed by atoms with E-state index in [0.29, 0.717) is 23.3 Å². The third-order valence-corrected chi connectivity index (χ3v) is 4.65. The van der Waals surface area contributed by atoms with Gasteiger partial charge in [0, 0.05) is 12.2 Å². The first-order valence-electron chi connectivity index (χ1n) is 8.57. The third kappa shape index (κ3) is 2.57. The van der Waals surface area contributed by atoms with Crippen LogP contribution in [0.4, 0.5) is 17.1 Å². The van der Waals surface area contributed by atoms with Crippen molar-refractivity contribution in [3.8, 4) is 0 Å². The second kappa shape index (κ2) is 5.95. The molecule has 0 amide bonds. The molecule has 5 rings (SSSR count). The lowest BCUT2D eigenvalue weighted by Gasteiger charge is -2.15. The van der Waals surface area contributed by atoms with Crippen LogP contribution in [0.3, 0.4) is 0 Å². The number of hydrogen-bond acceptors (Lipinski definition) is 6. The summed E-state index contributed by atoms with van der Waals surface area (Å²) in [7, 11) is 0. The molecule has 0 aliphatic carbocycles. The molecule has 2 heterocycles. The van der Waals surface area contributed by atoms with Gasteiger partial charge >= 0.3 is 5.69 Å². The summed E-state index contributed by atoms with van der Waals surface area (Å²) >= 11 is 0. The zero-order chi connectivity index (χ0) is 19.3. The first-order chi connectivity index (χ1) is 13.6. The van der Waals surface area contributed by atoms with Gasteiger partial charge in [0.2, 0.25) is 0 Å². The van der Waals surface area contributed by atoms with Crippen LogP contribution in [0.15, 0.2) is 57.1 Å². The highest BCUT2D eigenvalue weighted by atomic mass is 16.2. The van der Waals surface area contributed by atoms with Crippen LogP contribution in [0.1, 0.15) is 5.56 Å². The molecule has 0 radical (unpaired) electrons. The number of fused-ring (bicyclic) bond motifs is 2. The largest absolute Gasteiger partial charge is 0.376 e. The topological polar surface area (TPSA) is 136 Å². The molecule has 0 bridgehead atoms. The first-order valence-corrected chi connectivity index (χ1v) is 8.57. The van der Waals surface area contributed by atoms with Crippen LogP contribution >= 0.6 is 0 Å². The summed E-state index contributed by atoms with van der Waals surface area (Å²) in [4.78, 5) is 47.9. The normalized spacial score (nSPS) is 11.4. The summed E-state index contributed by atoms with van der Waals surface area (Å²) in [6, 6.07) is 10.9. The van der Waals surface area contributed by atoms with E-state index in [1.54, 1.807) is 24.5 Å². The van der Waals surface area contributed by atoms with E-state index >= 15 is 0 Å². The van der Waals surface area contributed by atoms with Gasteiger partial charge in [-0.05, 0) is 35.9 Å². The van der Waals surface area contributed by atoms with Crippen LogP contribution < -0.4 is 27.2 Å². The van der Waals surface area contributed by atoms with Crippen molar-refractivity contribution in [1.29, 1.82) is 0 Å². The van der Waals surface area contributed by atoms with Crippen molar-refractivity contribution in [3.63, 3.8) is 0 Å². The van der Waals surface area contributed by atoms with Gasteiger partial charge in [-0.3, -0.25) is 9.59 Å². The van der Waals surface area contributed by atoms with E-state index in [9.17, 15) is 14.4 Å². The van der Waals surface area contributed by atoms with Crippen LogP contribution in [-0.2, 0) is 6.54 Å². The molecule has 0 saturated heterocycles. The molecule has 0 spiro atoms. The molecule has 0 atom stereocenters. The molecule has 2 aromatic heterocycles. The minimum atomic E-state index is -0.560. The third-order valence-electron chi connectivity index (χ3n) is 4.65. The van der Waals surface area contributed by atoms with Crippen molar-refractivity contribution in [2.24, 2.45) is 0 Å². The lowest BCUT2D eigenvalue weighted by Crippen LogP contribution is -2.36. The summed E-state index contributed by atoms with van der Waals surface area (Å²) in [6.45, 7) is 0.334. The Hall–Kier alpha value is -4.14. The number of hydrogen-bond donors (Lipinski definition) is 5. The number of aromatic nitrogens is 4. The van der Waals surface area contributed by atoms with Crippen LogP contribution in [0.2, 0.25) is 0 Å². The van der Waals surface area contributed by atoms with Crippen molar-refractivity contribution in [3.05, 3.63) is 79.2 Å². The Morgan fingerprint density at radius 1 is 0.857 bits per heavy atom. The maximum Gasteiger partial charge on any atom is 0.323 e. The molecule has 28 heavy (non-hydrogen) atoms. The lowest BCUT2D eigenvalue weighted by molar-refractivity contribution is 1.13. The van der Waals surface area contributed by atoms with Crippen LogP contribution in [0.25, 0.3) is 22.1 Å². The van der Waals surface area contributed by atoms with E-state index in [4.69, 9.17) is 0 Å². The smallest absolute Gasteiger partial charge is 0.323 e. The van der Waals surface area contributed by atoms with Gasteiger partial charge in [0.05, 0.1) is 28.4 Å². The van der Waals surface area contributed by atoms with Gasteiger partial charge in [0.1, 0.15) is 11.4 Å². The number of nitrogens with one attached hydrogen (secondary N) is 5. The standard InChI is InChI=1S/C19H14N6O3/c26-17-15(20-7-9-1-3-12-14(5-9)25-19(28)24-12)16(18(17)27)23-10-2-4-11-13(6-10)22-8-21-11/h1-6,8,20,23H,7H2,(H,21,22)(H2,24,25,28). The van der Waals surface area contributed by atoms with Gasteiger partial charge in [-0.15, -0.1) is 0 Å². The second-order valence-corrected chi connectivity index (χ2v) is 6.48. The monoisotopic (exact) mass is 374 g/mol. The maximum absolute atomic E-state index is 12.0. The number of nitrogens with zero attached hydrogens (tertiary/aromatic N) is 1. The van der Waals surface area contributed by atoms with Crippen LogP contribution in [-0.4, -0.2) is 19.9 Å². The SMILES string of the molecule is O=c1[nH]c2ccc(CNc3c(Nc4ccc5[nH]cnc5c4)c(=O)c3=O)cc2[nH]1. The Morgan fingerprint density at radius 3 is 2.54 bits per heavy atom. The fraction of sp³-hybridized carbons (Fsp3) is 0.0526. The number of rotatable bonds is 5. The van der Waals surface area contributed by atoms with Crippen molar-refractivity contribution in [2.75, 3.05) is 10.6 Å². The molecule has 0 unspecified atom stereocenters. The molecule has 5 N–H and O–H groups in total. The van der Waals surface area contributed by atoms with E-state index in [2.05, 4.69) is 30.6 Å². The fourth-order valence-corrected chi connectivity index (χ4v) is 3.21. The van der Waals surface area contributed by atoms with Gasteiger partial charge in [-0.2, -0.15) is 0 Å². The predicted molar refractivity (Wildman–Crippen MR) is 107 cm³/mol. The van der Waals surface area contributed by atoms with Crippen molar-refractivity contribution in [2.45, 2.75) is 6.54 Å². The number of H-pyrrole nitrogens is 3. The van der Waals surface area contributed by atoms with Gasteiger partial charge in [-0.1, -0.05) is 6.07 Å². The van der Waals surface area contributed by atoms with Gasteiger partial charge in [-0.25, -0.2) is 9.78 Å². The zero-order valence-corrected chi connectivity index (χ0v) is 14.4. The van der Waals surface area contributed by atoms with E-state index in [-0.39, 0.29) is 17.1 Å². The van der Waals surface area contributed by atoms with E-state index in [0.717, 1.165) is 16.6 Å². The van der Waals surface area contributed by atoms with E-state index in [1.165, 1.54) is 0 Å². The van der Waals surface area contributed by atoms with Crippen LogP contribution in [0.5, 0.6) is 0 Å². The second-order valence-electron chi connectivity index (χ2n) is 6.48. The predicted octanol–water partition coefficient (Wildman–Crippen LogP) is 1.68. The van der Waals surface area contributed by atoms with Crippen molar-refractivity contribution >= 4 is 39.1 Å². The first kappa shape index (κ1) is 16.1. The molecule has 0 aliphatic rings. The average molecular weight is 374 g/mol. The molecule has 0 aliphatic heterocycles. The van der Waals surface area contributed by atoms with Gasteiger partial charge in [0.25, 0.3) is 10.9 Å². The molecular weight excluding hydrogens is 360 g/mol. The van der Waals surface area contributed by atoms with E-state index in [1.807, 2.05) is 18.2 Å². The van der Waals surface area contributed by atoms with Crippen LogP contribution in [0, 0.1) is 0 Å². The highest BCUT2D eigenvalue weighted by Crippen LogP contribution is 2.23. The molecule has 3 aromatic carbocycles. The molecule has 9 nitrogen and oxygen atoms in total. The quantitative estimate of drug-likeness (QED) is 0.297. The molecule has 138 valence electrons. The maximum atomic E-state index is 12.0. The van der Waals surface area contributed by atoms with E-state index < -0.39 is 10.9 Å². The molecule has 0 saturated carbocycles. The Balaban J connectivity index is 1.38. The lowest BCUT2D eigenvalue weighted by atomic mass is 10.1. The minimum absolute atomic E-state index is 0.232. The number of anilines is 3. The summed E-state index contributed by atoms with van der Waals surface area (Å²) in [5, 5.41) is 6.01. The Kier molecular flexibility index (Phi) is 3.41. The fourth-order valence-electron chi connectivity index (χ4n) is 3.21.